The van der Waals surface area contributed by atoms with Crippen LogP contribution in [0.15, 0.2) is 0 Å². The molecule has 100 valence electrons. The Morgan fingerprint density at radius 2 is 2.06 bits per heavy atom. The second-order valence-electron chi connectivity index (χ2n) is 5.24. The van der Waals surface area contributed by atoms with Gasteiger partial charge in [-0.3, -0.25) is 4.90 Å². The molecule has 2 N–H and O–H groups in total. The van der Waals surface area contributed by atoms with Gasteiger partial charge in [-0.1, -0.05) is 0 Å². The molecule has 2 fully saturated rings. The molecule has 0 aromatic rings. The first-order valence-electron chi connectivity index (χ1n) is 6.42. The number of rotatable bonds is 6. The van der Waals surface area contributed by atoms with Gasteiger partial charge in [0.2, 0.25) is 10.0 Å². The van der Waals surface area contributed by atoms with Crippen molar-refractivity contribution in [2.45, 2.75) is 43.5 Å². The van der Waals surface area contributed by atoms with Crippen molar-refractivity contribution < 1.29 is 8.42 Å². The molecule has 6 heteroatoms. The van der Waals surface area contributed by atoms with E-state index in [-0.39, 0.29) is 11.3 Å². The van der Waals surface area contributed by atoms with Gasteiger partial charge in [-0.05, 0) is 33.2 Å². The molecule has 2 aliphatic rings. The molecule has 2 atom stereocenters. The van der Waals surface area contributed by atoms with Gasteiger partial charge in [0.15, 0.2) is 0 Å². The molecule has 1 saturated heterocycles. The standard InChI is InChI=1S/C11H23N3O2S/c1-9(7-12-2)17(15,16)13-10-5-6-14(8-10)11-3-4-11/h9-13H,3-8H2,1-2H3. The number of likely N-dealkylation sites (tertiary alicyclic amines) is 1. The lowest BCUT2D eigenvalue weighted by Crippen LogP contribution is -2.44. The van der Waals surface area contributed by atoms with Gasteiger partial charge in [-0.15, -0.1) is 0 Å². The van der Waals surface area contributed by atoms with Crippen LogP contribution < -0.4 is 10.0 Å². The number of hydrogen-bond acceptors (Lipinski definition) is 4. The molecule has 0 amide bonds. The Balaban J connectivity index is 1.84. The van der Waals surface area contributed by atoms with Crippen molar-refractivity contribution in [3.63, 3.8) is 0 Å². The van der Waals surface area contributed by atoms with Crippen LogP contribution in [0.4, 0.5) is 0 Å². The van der Waals surface area contributed by atoms with Crippen molar-refractivity contribution in [3.05, 3.63) is 0 Å². The maximum atomic E-state index is 12.0. The third-order valence-electron chi connectivity index (χ3n) is 3.64. The maximum absolute atomic E-state index is 12.0. The van der Waals surface area contributed by atoms with E-state index >= 15 is 0 Å². The average molecular weight is 261 g/mol. The Morgan fingerprint density at radius 1 is 1.35 bits per heavy atom. The summed E-state index contributed by atoms with van der Waals surface area (Å²) >= 11 is 0. The van der Waals surface area contributed by atoms with Gasteiger partial charge in [0, 0.05) is 31.7 Å². The highest BCUT2D eigenvalue weighted by Crippen LogP contribution is 2.29. The van der Waals surface area contributed by atoms with Crippen molar-refractivity contribution >= 4 is 10.0 Å². The zero-order valence-corrected chi connectivity index (χ0v) is 11.5. The van der Waals surface area contributed by atoms with Crippen molar-refractivity contribution in [2.75, 3.05) is 26.7 Å². The lowest BCUT2D eigenvalue weighted by Gasteiger charge is -2.18. The Morgan fingerprint density at radius 3 is 2.65 bits per heavy atom. The molecule has 0 aromatic carbocycles. The first-order chi connectivity index (χ1) is 8.03. The fourth-order valence-electron chi connectivity index (χ4n) is 2.40. The van der Waals surface area contributed by atoms with Crippen LogP contribution in [0, 0.1) is 0 Å². The summed E-state index contributed by atoms with van der Waals surface area (Å²) in [7, 11) is -1.40. The van der Waals surface area contributed by atoms with E-state index in [1.165, 1.54) is 12.8 Å². The summed E-state index contributed by atoms with van der Waals surface area (Å²) < 4.78 is 26.8. The predicted molar refractivity (Wildman–Crippen MR) is 68.4 cm³/mol. The van der Waals surface area contributed by atoms with E-state index in [1.54, 1.807) is 14.0 Å². The lowest BCUT2D eigenvalue weighted by atomic mass is 10.3. The summed E-state index contributed by atoms with van der Waals surface area (Å²) in [6.45, 7) is 4.16. The van der Waals surface area contributed by atoms with E-state index in [2.05, 4.69) is 14.9 Å². The van der Waals surface area contributed by atoms with E-state index in [0.717, 1.165) is 25.6 Å². The van der Waals surface area contributed by atoms with E-state index in [9.17, 15) is 8.42 Å². The van der Waals surface area contributed by atoms with Crippen molar-refractivity contribution in [3.8, 4) is 0 Å². The third kappa shape index (κ3) is 3.40. The van der Waals surface area contributed by atoms with Crippen molar-refractivity contribution in [1.29, 1.82) is 0 Å². The molecular weight excluding hydrogens is 238 g/mol. The normalized spacial score (nSPS) is 28.5. The van der Waals surface area contributed by atoms with Gasteiger partial charge in [-0.2, -0.15) is 0 Å². The molecule has 0 radical (unpaired) electrons. The summed E-state index contributed by atoms with van der Waals surface area (Å²) in [6, 6.07) is 0.846. The summed E-state index contributed by atoms with van der Waals surface area (Å²) in [5.74, 6) is 0. The summed E-state index contributed by atoms with van der Waals surface area (Å²) in [6.07, 6.45) is 3.52. The fraction of sp³-hybridized carbons (Fsp3) is 1.00. The minimum Gasteiger partial charge on any atom is -0.318 e. The van der Waals surface area contributed by atoms with Crippen LogP contribution in [0.1, 0.15) is 26.2 Å². The Hall–Kier alpha value is -0.170. The van der Waals surface area contributed by atoms with E-state index in [0.29, 0.717) is 6.54 Å². The Bertz CT molecular complexity index is 354. The Kier molecular flexibility index (Phi) is 4.07. The highest BCUT2D eigenvalue weighted by atomic mass is 32.2. The van der Waals surface area contributed by atoms with Gasteiger partial charge in [0.05, 0.1) is 5.25 Å². The van der Waals surface area contributed by atoms with Crippen LogP contribution in [0.3, 0.4) is 0 Å². The van der Waals surface area contributed by atoms with Crippen LogP contribution >= 0.6 is 0 Å². The minimum atomic E-state index is -3.17. The largest absolute Gasteiger partial charge is 0.318 e. The van der Waals surface area contributed by atoms with Gasteiger partial charge >= 0.3 is 0 Å². The van der Waals surface area contributed by atoms with Gasteiger partial charge in [-0.25, -0.2) is 13.1 Å². The first-order valence-corrected chi connectivity index (χ1v) is 7.97. The SMILES string of the molecule is CNCC(C)S(=O)(=O)NC1CCN(C2CC2)C1. The van der Waals surface area contributed by atoms with Crippen molar-refractivity contribution in [2.24, 2.45) is 0 Å². The molecule has 2 rings (SSSR count). The van der Waals surface area contributed by atoms with E-state index < -0.39 is 10.0 Å². The first kappa shape index (κ1) is 13.3. The summed E-state index contributed by atoms with van der Waals surface area (Å²) in [5.41, 5.74) is 0. The summed E-state index contributed by atoms with van der Waals surface area (Å²) in [5, 5.41) is 2.53. The predicted octanol–water partition coefficient (Wildman–Crippen LogP) is -0.250. The molecule has 1 aliphatic heterocycles. The number of sulfonamides is 1. The van der Waals surface area contributed by atoms with Gasteiger partial charge < -0.3 is 5.32 Å². The molecule has 1 heterocycles. The van der Waals surface area contributed by atoms with E-state index in [1.807, 2.05) is 0 Å². The summed E-state index contributed by atoms with van der Waals surface area (Å²) in [4.78, 5) is 2.41. The maximum Gasteiger partial charge on any atom is 0.215 e. The molecule has 0 bridgehead atoms. The molecule has 5 nitrogen and oxygen atoms in total. The number of nitrogens with one attached hydrogen (secondary N) is 2. The topological polar surface area (TPSA) is 61.4 Å². The van der Waals surface area contributed by atoms with Crippen LogP contribution in [-0.4, -0.2) is 57.3 Å². The highest BCUT2D eigenvalue weighted by molar-refractivity contribution is 7.90. The number of hydrogen-bond donors (Lipinski definition) is 2. The molecule has 1 aliphatic carbocycles. The van der Waals surface area contributed by atoms with Gasteiger partial charge in [0.25, 0.3) is 0 Å². The van der Waals surface area contributed by atoms with Crippen LogP contribution in [0.2, 0.25) is 0 Å². The zero-order valence-electron chi connectivity index (χ0n) is 10.6. The smallest absolute Gasteiger partial charge is 0.215 e. The fourth-order valence-corrected chi connectivity index (χ4v) is 3.68. The zero-order chi connectivity index (χ0) is 12.5. The molecule has 17 heavy (non-hydrogen) atoms. The second-order valence-corrected chi connectivity index (χ2v) is 7.37. The van der Waals surface area contributed by atoms with Crippen LogP contribution in [-0.2, 0) is 10.0 Å². The quantitative estimate of drug-likeness (QED) is 0.692. The average Bonchev–Trinajstić information content (AvgIpc) is 3.01. The molecule has 2 unspecified atom stereocenters. The number of nitrogens with zero attached hydrogens (tertiary/aromatic N) is 1. The molecule has 0 aromatic heterocycles. The van der Waals surface area contributed by atoms with Crippen LogP contribution in [0.5, 0.6) is 0 Å². The van der Waals surface area contributed by atoms with Crippen molar-refractivity contribution in [1.82, 2.24) is 14.9 Å². The monoisotopic (exact) mass is 261 g/mol. The highest BCUT2D eigenvalue weighted by Gasteiger charge is 2.36. The van der Waals surface area contributed by atoms with Gasteiger partial charge in [0.1, 0.15) is 0 Å². The Labute approximate surface area is 104 Å². The molecular formula is C11H23N3O2S. The minimum absolute atomic E-state index is 0.111. The van der Waals surface area contributed by atoms with E-state index in [4.69, 9.17) is 0 Å². The van der Waals surface area contributed by atoms with Crippen LogP contribution in [0.25, 0.3) is 0 Å². The molecule has 0 spiro atoms. The lowest BCUT2D eigenvalue weighted by molar-refractivity contribution is 0.322. The molecule has 1 saturated carbocycles. The third-order valence-corrected chi connectivity index (χ3v) is 5.52. The second kappa shape index (κ2) is 5.22.